The summed E-state index contributed by atoms with van der Waals surface area (Å²) in [5.74, 6) is 0.0732. The first kappa shape index (κ1) is 16.3. The first-order chi connectivity index (χ1) is 10.0. The van der Waals surface area contributed by atoms with Crippen molar-refractivity contribution in [2.24, 2.45) is 11.7 Å². The fraction of sp³-hybridized carbons (Fsp3) is 0.562. The fourth-order valence-electron chi connectivity index (χ4n) is 2.85. The monoisotopic (exact) mass is 308 g/mol. The molecule has 0 aliphatic heterocycles. The van der Waals surface area contributed by atoms with E-state index < -0.39 is 6.10 Å². The summed E-state index contributed by atoms with van der Waals surface area (Å²) in [5, 5.41) is 9.66. The highest BCUT2D eigenvalue weighted by molar-refractivity contribution is 7.98. The van der Waals surface area contributed by atoms with Crippen LogP contribution in [-0.4, -0.2) is 41.4 Å². The Morgan fingerprint density at radius 2 is 2.24 bits per heavy atom. The molecule has 1 aromatic rings. The van der Waals surface area contributed by atoms with Crippen molar-refractivity contribution in [1.29, 1.82) is 0 Å². The van der Waals surface area contributed by atoms with Gasteiger partial charge in [0, 0.05) is 30.4 Å². The van der Waals surface area contributed by atoms with E-state index in [9.17, 15) is 9.90 Å². The molecule has 0 radical (unpaired) electrons. The molecule has 1 amide bonds. The second-order valence-electron chi connectivity index (χ2n) is 5.79. The molecule has 3 atom stereocenters. The van der Waals surface area contributed by atoms with Crippen molar-refractivity contribution in [3.8, 4) is 0 Å². The maximum absolute atomic E-state index is 12.5. The third-order valence-electron chi connectivity index (χ3n) is 4.14. The van der Waals surface area contributed by atoms with E-state index in [1.807, 2.05) is 25.4 Å². The van der Waals surface area contributed by atoms with Gasteiger partial charge >= 0.3 is 0 Å². The summed E-state index contributed by atoms with van der Waals surface area (Å²) < 4.78 is 0. The van der Waals surface area contributed by atoms with Gasteiger partial charge < -0.3 is 15.7 Å². The normalized spacial score (nSPS) is 25.6. The van der Waals surface area contributed by atoms with Crippen LogP contribution in [0.3, 0.4) is 0 Å². The number of hydrogen-bond acceptors (Lipinski definition) is 4. The van der Waals surface area contributed by atoms with Crippen LogP contribution in [-0.2, 0) is 11.3 Å². The molecule has 2 rings (SSSR count). The van der Waals surface area contributed by atoms with Gasteiger partial charge in [-0.1, -0.05) is 12.1 Å². The molecule has 1 aromatic carbocycles. The number of nitrogens with two attached hydrogens (primary N) is 1. The SMILES string of the molecule is CSc1cccc(CN(C)C(=O)[C@H]2CC[C@@H](O)[C@H](N)C2)c1. The largest absolute Gasteiger partial charge is 0.392 e. The minimum Gasteiger partial charge on any atom is -0.392 e. The zero-order valence-electron chi connectivity index (χ0n) is 12.7. The number of thioether (sulfide) groups is 1. The smallest absolute Gasteiger partial charge is 0.225 e. The van der Waals surface area contributed by atoms with E-state index in [4.69, 9.17) is 5.73 Å². The second kappa shape index (κ2) is 7.29. The number of carbonyl (C=O) groups excluding carboxylic acids is 1. The molecule has 0 spiro atoms. The van der Waals surface area contributed by atoms with Crippen molar-refractivity contribution >= 4 is 17.7 Å². The zero-order chi connectivity index (χ0) is 15.4. The van der Waals surface area contributed by atoms with E-state index in [0.29, 0.717) is 19.4 Å². The molecule has 4 nitrogen and oxygen atoms in total. The van der Waals surface area contributed by atoms with Crippen LogP contribution >= 0.6 is 11.8 Å². The number of aliphatic hydroxyl groups excluding tert-OH is 1. The van der Waals surface area contributed by atoms with Crippen molar-refractivity contribution in [2.45, 2.75) is 42.8 Å². The maximum Gasteiger partial charge on any atom is 0.225 e. The molecule has 3 N–H and O–H groups in total. The van der Waals surface area contributed by atoms with Gasteiger partial charge in [-0.15, -0.1) is 11.8 Å². The van der Waals surface area contributed by atoms with Gasteiger partial charge in [-0.2, -0.15) is 0 Å². The number of nitrogens with zero attached hydrogens (tertiary/aromatic N) is 1. The molecule has 5 heteroatoms. The Kier molecular flexibility index (Phi) is 5.67. The lowest BCUT2D eigenvalue weighted by Crippen LogP contribution is -2.45. The maximum atomic E-state index is 12.5. The first-order valence-corrected chi connectivity index (χ1v) is 8.55. The van der Waals surface area contributed by atoms with Crippen LogP contribution in [0, 0.1) is 5.92 Å². The van der Waals surface area contributed by atoms with Crippen LogP contribution in [0.25, 0.3) is 0 Å². The lowest BCUT2D eigenvalue weighted by Gasteiger charge is -2.32. The standard InChI is InChI=1S/C16H24N2O2S/c1-18(10-11-4-3-5-13(8-11)21-2)16(20)12-6-7-15(19)14(17)9-12/h3-5,8,12,14-15,19H,6-7,9-10,17H2,1-2H3/t12-,14+,15+/m0/s1. The molecule has 0 heterocycles. The van der Waals surface area contributed by atoms with Gasteiger partial charge in [0.1, 0.15) is 0 Å². The van der Waals surface area contributed by atoms with Crippen LogP contribution < -0.4 is 5.73 Å². The van der Waals surface area contributed by atoms with Crippen molar-refractivity contribution in [3.05, 3.63) is 29.8 Å². The lowest BCUT2D eigenvalue weighted by atomic mass is 9.83. The molecule has 116 valence electrons. The van der Waals surface area contributed by atoms with E-state index in [-0.39, 0.29) is 17.9 Å². The molecular formula is C16H24N2O2S. The number of rotatable bonds is 4. The Morgan fingerprint density at radius 1 is 1.48 bits per heavy atom. The van der Waals surface area contributed by atoms with Gasteiger partial charge in [0.05, 0.1) is 6.10 Å². The number of hydrogen-bond donors (Lipinski definition) is 2. The molecule has 1 aliphatic rings. The number of carbonyl (C=O) groups is 1. The summed E-state index contributed by atoms with van der Waals surface area (Å²) in [5.41, 5.74) is 7.01. The predicted molar refractivity (Wildman–Crippen MR) is 86.0 cm³/mol. The van der Waals surface area contributed by atoms with Crippen LogP contribution in [0.15, 0.2) is 29.2 Å². The van der Waals surface area contributed by atoms with Crippen molar-refractivity contribution < 1.29 is 9.90 Å². The summed E-state index contributed by atoms with van der Waals surface area (Å²) in [6.45, 7) is 0.613. The fourth-order valence-corrected chi connectivity index (χ4v) is 3.33. The second-order valence-corrected chi connectivity index (χ2v) is 6.67. The van der Waals surface area contributed by atoms with E-state index in [0.717, 1.165) is 12.0 Å². The Labute approximate surface area is 130 Å². The van der Waals surface area contributed by atoms with E-state index >= 15 is 0 Å². The molecule has 0 unspecified atom stereocenters. The highest BCUT2D eigenvalue weighted by Crippen LogP contribution is 2.26. The Morgan fingerprint density at radius 3 is 2.90 bits per heavy atom. The van der Waals surface area contributed by atoms with Gasteiger partial charge in [0.2, 0.25) is 5.91 Å². The van der Waals surface area contributed by atoms with Crippen molar-refractivity contribution in [1.82, 2.24) is 4.90 Å². The Balaban J connectivity index is 1.96. The third kappa shape index (κ3) is 4.22. The molecule has 0 saturated heterocycles. The Bertz CT molecular complexity index is 495. The first-order valence-electron chi connectivity index (χ1n) is 7.32. The highest BCUT2D eigenvalue weighted by atomic mass is 32.2. The molecule has 1 fully saturated rings. The number of benzene rings is 1. The van der Waals surface area contributed by atoms with E-state index in [1.54, 1.807) is 16.7 Å². The quantitative estimate of drug-likeness (QED) is 0.833. The summed E-state index contributed by atoms with van der Waals surface area (Å²) in [6, 6.07) is 7.97. The average Bonchev–Trinajstić information content (AvgIpc) is 2.49. The molecule has 1 aliphatic carbocycles. The topological polar surface area (TPSA) is 66.6 Å². The number of aliphatic hydroxyl groups is 1. The molecule has 0 bridgehead atoms. The summed E-state index contributed by atoms with van der Waals surface area (Å²) in [4.78, 5) is 15.5. The van der Waals surface area contributed by atoms with Crippen LogP contribution in [0.5, 0.6) is 0 Å². The minimum absolute atomic E-state index is 0.0582. The van der Waals surface area contributed by atoms with E-state index in [1.165, 1.54) is 4.90 Å². The third-order valence-corrected chi connectivity index (χ3v) is 4.87. The van der Waals surface area contributed by atoms with Gasteiger partial charge in [0.25, 0.3) is 0 Å². The van der Waals surface area contributed by atoms with Gasteiger partial charge in [-0.25, -0.2) is 0 Å². The zero-order valence-corrected chi connectivity index (χ0v) is 13.5. The highest BCUT2D eigenvalue weighted by Gasteiger charge is 2.32. The van der Waals surface area contributed by atoms with Crippen molar-refractivity contribution in [3.63, 3.8) is 0 Å². The predicted octanol–water partition coefficient (Wildman–Crippen LogP) is 1.86. The molecular weight excluding hydrogens is 284 g/mol. The average molecular weight is 308 g/mol. The van der Waals surface area contributed by atoms with Gasteiger partial charge in [-0.05, 0) is 43.2 Å². The van der Waals surface area contributed by atoms with Crippen LogP contribution in [0.2, 0.25) is 0 Å². The number of amides is 1. The molecule has 1 saturated carbocycles. The van der Waals surface area contributed by atoms with Crippen LogP contribution in [0.1, 0.15) is 24.8 Å². The molecule has 0 aromatic heterocycles. The minimum atomic E-state index is -0.461. The summed E-state index contributed by atoms with van der Waals surface area (Å²) in [6.07, 6.45) is 3.51. The Hall–Kier alpha value is -1.04. The van der Waals surface area contributed by atoms with E-state index in [2.05, 4.69) is 12.1 Å². The summed E-state index contributed by atoms with van der Waals surface area (Å²) >= 11 is 1.70. The summed E-state index contributed by atoms with van der Waals surface area (Å²) in [7, 11) is 1.84. The lowest BCUT2D eigenvalue weighted by molar-refractivity contribution is -0.136. The van der Waals surface area contributed by atoms with Crippen molar-refractivity contribution in [2.75, 3.05) is 13.3 Å². The molecule has 21 heavy (non-hydrogen) atoms. The van der Waals surface area contributed by atoms with Crippen LogP contribution in [0.4, 0.5) is 0 Å². The van der Waals surface area contributed by atoms with Gasteiger partial charge in [0.15, 0.2) is 0 Å². The van der Waals surface area contributed by atoms with Gasteiger partial charge in [-0.3, -0.25) is 4.79 Å².